The first-order valence-corrected chi connectivity index (χ1v) is 8.48. The standard InChI is InChI=1S/C17H13N3O3S2/c1-11(4-5-13-3-2-10-23-13)14-16(22)20(17(24)25-14)19-15(21)12-6-8-18-9-7-12/h2-10H,1H3,(H,19,21). The number of nitrogens with zero attached hydrogens (tertiary/aromatic N) is 2. The lowest BCUT2D eigenvalue weighted by Gasteiger charge is -2.15. The van der Waals surface area contributed by atoms with Gasteiger partial charge < -0.3 is 4.42 Å². The summed E-state index contributed by atoms with van der Waals surface area (Å²) >= 11 is 6.35. The lowest BCUT2D eigenvalue weighted by Crippen LogP contribution is -2.44. The highest BCUT2D eigenvalue weighted by atomic mass is 32.2. The molecule has 0 spiro atoms. The number of carbonyl (C=O) groups excluding carboxylic acids is 2. The molecule has 0 saturated carbocycles. The highest BCUT2D eigenvalue weighted by Gasteiger charge is 2.34. The van der Waals surface area contributed by atoms with Gasteiger partial charge in [0.2, 0.25) is 0 Å². The van der Waals surface area contributed by atoms with Crippen LogP contribution in [0.3, 0.4) is 0 Å². The van der Waals surface area contributed by atoms with Gasteiger partial charge >= 0.3 is 0 Å². The number of pyridine rings is 1. The maximum Gasteiger partial charge on any atom is 0.285 e. The van der Waals surface area contributed by atoms with Crippen molar-refractivity contribution in [2.75, 3.05) is 0 Å². The van der Waals surface area contributed by atoms with Crippen LogP contribution in [0.1, 0.15) is 23.0 Å². The number of hydrazine groups is 1. The molecule has 126 valence electrons. The van der Waals surface area contributed by atoms with Crippen LogP contribution in [-0.4, -0.2) is 26.1 Å². The molecule has 1 aliphatic rings. The van der Waals surface area contributed by atoms with E-state index in [4.69, 9.17) is 16.6 Å². The van der Waals surface area contributed by atoms with Crippen LogP contribution in [-0.2, 0) is 4.79 Å². The van der Waals surface area contributed by atoms with Crippen LogP contribution in [0.2, 0.25) is 0 Å². The Kier molecular flexibility index (Phi) is 5.11. The molecule has 0 aliphatic carbocycles. The summed E-state index contributed by atoms with van der Waals surface area (Å²) < 4.78 is 5.49. The van der Waals surface area contributed by atoms with E-state index >= 15 is 0 Å². The second-order valence-corrected chi connectivity index (χ2v) is 6.69. The van der Waals surface area contributed by atoms with Crippen LogP contribution < -0.4 is 5.43 Å². The molecule has 1 aliphatic heterocycles. The topological polar surface area (TPSA) is 75.4 Å². The minimum absolute atomic E-state index is 0.271. The predicted octanol–water partition coefficient (Wildman–Crippen LogP) is 3.17. The SMILES string of the molecule is CC(C=Cc1ccco1)=C1SC(=S)N(NC(=O)c2ccncc2)C1=O. The van der Waals surface area contributed by atoms with E-state index in [1.807, 2.05) is 6.07 Å². The van der Waals surface area contributed by atoms with Crippen molar-refractivity contribution >= 4 is 46.2 Å². The molecule has 0 unspecified atom stereocenters. The van der Waals surface area contributed by atoms with E-state index in [9.17, 15) is 9.59 Å². The van der Waals surface area contributed by atoms with E-state index in [0.29, 0.717) is 16.2 Å². The molecule has 1 fully saturated rings. The second kappa shape index (κ2) is 7.45. The van der Waals surface area contributed by atoms with Crippen LogP contribution >= 0.6 is 24.0 Å². The minimum Gasteiger partial charge on any atom is -0.465 e. The summed E-state index contributed by atoms with van der Waals surface area (Å²) in [5.74, 6) is -0.108. The van der Waals surface area contributed by atoms with Gasteiger partial charge in [0, 0.05) is 18.0 Å². The largest absolute Gasteiger partial charge is 0.465 e. The number of nitrogens with one attached hydrogen (secondary N) is 1. The van der Waals surface area contributed by atoms with Crippen LogP contribution in [0.5, 0.6) is 0 Å². The van der Waals surface area contributed by atoms with E-state index in [1.54, 1.807) is 43.5 Å². The van der Waals surface area contributed by atoms with Crippen LogP contribution in [0.4, 0.5) is 0 Å². The lowest BCUT2D eigenvalue weighted by atomic mass is 10.2. The molecule has 1 saturated heterocycles. The van der Waals surface area contributed by atoms with E-state index in [0.717, 1.165) is 22.3 Å². The Hall–Kier alpha value is -2.71. The Bertz CT molecular complexity index is 874. The van der Waals surface area contributed by atoms with Crippen molar-refractivity contribution in [3.63, 3.8) is 0 Å². The monoisotopic (exact) mass is 371 g/mol. The van der Waals surface area contributed by atoms with Crippen LogP contribution in [0, 0.1) is 0 Å². The van der Waals surface area contributed by atoms with Gasteiger partial charge in [-0.3, -0.25) is 20.0 Å². The summed E-state index contributed by atoms with van der Waals surface area (Å²) in [4.78, 5) is 29.1. The van der Waals surface area contributed by atoms with Crippen molar-refractivity contribution in [1.82, 2.24) is 15.4 Å². The first-order valence-electron chi connectivity index (χ1n) is 7.26. The average molecular weight is 371 g/mol. The fraction of sp³-hybridized carbons (Fsp3) is 0.0588. The lowest BCUT2D eigenvalue weighted by molar-refractivity contribution is -0.123. The Morgan fingerprint density at radius 3 is 2.80 bits per heavy atom. The number of hydrogen-bond donors (Lipinski definition) is 1. The highest BCUT2D eigenvalue weighted by Crippen LogP contribution is 2.32. The Balaban J connectivity index is 1.75. The van der Waals surface area contributed by atoms with Gasteiger partial charge in [0.15, 0.2) is 4.32 Å². The molecule has 25 heavy (non-hydrogen) atoms. The number of amides is 2. The number of aromatic nitrogens is 1. The number of carbonyl (C=O) groups is 2. The van der Waals surface area contributed by atoms with Gasteiger partial charge in [-0.15, -0.1) is 0 Å². The fourth-order valence-corrected chi connectivity index (χ4v) is 3.23. The van der Waals surface area contributed by atoms with Gasteiger partial charge in [-0.2, -0.15) is 5.01 Å². The van der Waals surface area contributed by atoms with Crippen molar-refractivity contribution in [2.45, 2.75) is 6.92 Å². The summed E-state index contributed by atoms with van der Waals surface area (Å²) in [5, 5.41) is 1.09. The molecule has 6 nitrogen and oxygen atoms in total. The molecule has 2 aromatic heterocycles. The average Bonchev–Trinajstić information content (AvgIpc) is 3.24. The van der Waals surface area contributed by atoms with E-state index in [2.05, 4.69) is 10.4 Å². The Morgan fingerprint density at radius 1 is 1.36 bits per heavy atom. The highest BCUT2D eigenvalue weighted by molar-refractivity contribution is 8.26. The first kappa shape index (κ1) is 17.1. The zero-order valence-electron chi connectivity index (χ0n) is 13.1. The molecule has 2 aromatic rings. The van der Waals surface area contributed by atoms with Crippen LogP contribution in [0.25, 0.3) is 6.08 Å². The van der Waals surface area contributed by atoms with Crippen molar-refractivity contribution in [2.24, 2.45) is 0 Å². The maximum atomic E-state index is 12.6. The zero-order chi connectivity index (χ0) is 17.8. The number of rotatable bonds is 4. The van der Waals surface area contributed by atoms with Crippen molar-refractivity contribution in [3.05, 3.63) is 70.8 Å². The zero-order valence-corrected chi connectivity index (χ0v) is 14.8. The molecule has 0 atom stereocenters. The number of allylic oxidation sites excluding steroid dienone is 2. The Labute approximate surface area is 153 Å². The quantitative estimate of drug-likeness (QED) is 0.657. The van der Waals surface area contributed by atoms with Gasteiger partial charge in [-0.05, 0) is 55.1 Å². The molecule has 0 radical (unpaired) electrons. The minimum atomic E-state index is -0.427. The van der Waals surface area contributed by atoms with Crippen molar-refractivity contribution in [3.8, 4) is 0 Å². The van der Waals surface area contributed by atoms with Gasteiger partial charge in [0.05, 0.1) is 11.2 Å². The summed E-state index contributed by atoms with van der Waals surface area (Å²) in [6.45, 7) is 1.80. The van der Waals surface area contributed by atoms with E-state index in [-0.39, 0.29) is 10.2 Å². The molecular weight excluding hydrogens is 358 g/mol. The number of thioether (sulfide) groups is 1. The molecular formula is C17H13N3O3S2. The predicted molar refractivity (Wildman–Crippen MR) is 99.2 cm³/mol. The van der Waals surface area contributed by atoms with E-state index < -0.39 is 5.91 Å². The molecule has 3 rings (SSSR count). The van der Waals surface area contributed by atoms with Crippen molar-refractivity contribution < 1.29 is 14.0 Å². The molecule has 2 amide bonds. The smallest absolute Gasteiger partial charge is 0.285 e. The number of furan rings is 1. The number of thiocarbonyl (C=S) groups is 1. The summed E-state index contributed by atoms with van der Waals surface area (Å²) in [6.07, 6.45) is 8.11. The third-order valence-electron chi connectivity index (χ3n) is 3.32. The Morgan fingerprint density at radius 2 is 2.12 bits per heavy atom. The maximum absolute atomic E-state index is 12.6. The van der Waals surface area contributed by atoms with Gasteiger partial charge in [0.25, 0.3) is 11.8 Å². The molecule has 8 heteroatoms. The molecule has 3 heterocycles. The molecule has 0 bridgehead atoms. The second-order valence-electron chi connectivity index (χ2n) is 5.05. The van der Waals surface area contributed by atoms with Gasteiger partial charge in [-0.25, -0.2) is 0 Å². The molecule has 1 N–H and O–H groups in total. The van der Waals surface area contributed by atoms with Gasteiger partial charge in [-0.1, -0.05) is 17.8 Å². The third-order valence-corrected chi connectivity index (χ3v) is 4.81. The van der Waals surface area contributed by atoms with Crippen molar-refractivity contribution in [1.29, 1.82) is 0 Å². The first-order chi connectivity index (χ1) is 12.1. The molecule has 0 aromatic carbocycles. The fourth-order valence-electron chi connectivity index (χ4n) is 2.04. The van der Waals surface area contributed by atoms with Gasteiger partial charge in [0.1, 0.15) is 5.76 Å². The third kappa shape index (κ3) is 3.86. The summed E-state index contributed by atoms with van der Waals surface area (Å²) in [5.41, 5.74) is 3.65. The summed E-state index contributed by atoms with van der Waals surface area (Å²) in [7, 11) is 0. The van der Waals surface area contributed by atoms with E-state index in [1.165, 1.54) is 12.4 Å². The number of hydrogen-bond acceptors (Lipinski definition) is 6. The normalized spacial score (nSPS) is 16.6. The van der Waals surface area contributed by atoms with Crippen LogP contribution in [0.15, 0.2) is 63.9 Å². The summed E-state index contributed by atoms with van der Waals surface area (Å²) in [6, 6.07) is 6.70.